The summed E-state index contributed by atoms with van der Waals surface area (Å²) in [7, 11) is 0. The number of benzene rings is 1. The lowest BCUT2D eigenvalue weighted by Crippen LogP contribution is -2.40. The molecule has 0 aliphatic carbocycles. The van der Waals surface area contributed by atoms with Gasteiger partial charge in [0.1, 0.15) is 23.9 Å². The number of ether oxygens (including phenoxy) is 4. The Kier molecular flexibility index (Phi) is 6.41. The molecule has 12 heteroatoms. The van der Waals surface area contributed by atoms with Crippen molar-refractivity contribution in [3.8, 4) is 11.3 Å². The topological polar surface area (TPSA) is 158 Å². The van der Waals surface area contributed by atoms with Gasteiger partial charge in [-0.15, -0.1) is 0 Å². The number of imidazole rings is 1. The van der Waals surface area contributed by atoms with E-state index in [-0.39, 0.29) is 12.6 Å². The number of rotatable bonds is 6. The van der Waals surface area contributed by atoms with Gasteiger partial charge in [-0.2, -0.15) is 4.98 Å². The van der Waals surface area contributed by atoms with Gasteiger partial charge in [-0.05, 0) is 0 Å². The van der Waals surface area contributed by atoms with Crippen LogP contribution in [0.2, 0.25) is 0 Å². The summed E-state index contributed by atoms with van der Waals surface area (Å²) in [6.07, 6.45) is -2.58. The number of esters is 3. The first-order chi connectivity index (χ1) is 16.2. The van der Waals surface area contributed by atoms with Gasteiger partial charge in [0, 0.05) is 26.3 Å². The number of carbonyl (C=O) groups is 3. The van der Waals surface area contributed by atoms with E-state index in [1.165, 1.54) is 31.7 Å². The number of nitrogen functional groups attached to an aromatic ring is 1. The Balaban J connectivity index is 1.80. The van der Waals surface area contributed by atoms with E-state index >= 15 is 0 Å². The van der Waals surface area contributed by atoms with Gasteiger partial charge in [0.05, 0.1) is 6.33 Å². The third-order valence-corrected chi connectivity index (χ3v) is 5.10. The number of hydrogen-bond donors (Lipinski definition) is 1. The number of hydrogen-bond acceptors (Lipinski definition) is 11. The summed E-state index contributed by atoms with van der Waals surface area (Å²) >= 11 is 0. The van der Waals surface area contributed by atoms with E-state index in [0.717, 1.165) is 5.56 Å². The quantitative estimate of drug-likeness (QED) is 0.411. The molecule has 4 rings (SSSR count). The first kappa shape index (κ1) is 23.1. The Morgan fingerprint density at radius 1 is 1.00 bits per heavy atom. The molecule has 1 aliphatic heterocycles. The molecule has 4 atom stereocenters. The van der Waals surface area contributed by atoms with Crippen LogP contribution in [0.4, 0.5) is 5.95 Å². The third kappa shape index (κ3) is 4.66. The molecule has 3 heterocycles. The highest BCUT2D eigenvalue weighted by Crippen LogP contribution is 2.37. The zero-order chi connectivity index (χ0) is 24.4. The predicted molar refractivity (Wildman–Crippen MR) is 117 cm³/mol. The molecular formula is C22H23N5O7. The van der Waals surface area contributed by atoms with Crippen molar-refractivity contribution in [2.75, 3.05) is 12.3 Å². The molecule has 1 saturated heterocycles. The van der Waals surface area contributed by atoms with Gasteiger partial charge in [-0.25, -0.2) is 9.97 Å². The fraction of sp³-hybridized carbons (Fsp3) is 0.364. The number of nitrogens with two attached hydrogens (primary N) is 1. The summed E-state index contributed by atoms with van der Waals surface area (Å²) in [5.41, 5.74) is 8.04. The molecule has 2 N–H and O–H groups in total. The molecule has 34 heavy (non-hydrogen) atoms. The first-order valence-corrected chi connectivity index (χ1v) is 10.4. The second-order valence-electron chi connectivity index (χ2n) is 7.64. The van der Waals surface area contributed by atoms with Gasteiger partial charge >= 0.3 is 17.9 Å². The summed E-state index contributed by atoms with van der Waals surface area (Å²) in [5.74, 6) is -1.78. The molecule has 12 nitrogen and oxygen atoms in total. The maximum absolute atomic E-state index is 11.9. The molecule has 3 aromatic rings. The van der Waals surface area contributed by atoms with E-state index in [2.05, 4.69) is 15.0 Å². The average Bonchev–Trinajstić information content (AvgIpc) is 3.33. The standard InChI is InChI=1S/C22H23N5O7/c1-11(28)31-9-15-18(32-12(2)29)19(33-13(3)30)21(34-15)27-10-24-17-16(14-7-5-4-6-8-14)25-22(23)26-20(17)27/h4-8,10,15,18-19,21H,9H2,1-3H3,(H2,23,25,26)/t15-,18+,19-,21?/m0/s1. The lowest BCUT2D eigenvalue weighted by molar-refractivity contribution is -0.166. The highest BCUT2D eigenvalue weighted by molar-refractivity contribution is 5.88. The third-order valence-electron chi connectivity index (χ3n) is 5.10. The Morgan fingerprint density at radius 3 is 2.32 bits per heavy atom. The van der Waals surface area contributed by atoms with Gasteiger partial charge in [-0.3, -0.25) is 19.0 Å². The van der Waals surface area contributed by atoms with Gasteiger partial charge < -0.3 is 24.7 Å². The summed E-state index contributed by atoms with van der Waals surface area (Å²) in [6.45, 7) is 3.46. The summed E-state index contributed by atoms with van der Waals surface area (Å²) in [6, 6.07) is 9.31. The Labute approximate surface area is 194 Å². The van der Waals surface area contributed by atoms with Crippen LogP contribution in [0, 0.1) is 0 Å². The second-order valence-corrected chi connectivity index (χ2v) is 7.64. The van der Waals surface area contributed by atoms with Crippen molar-refractivity contribution < 1.29 is 33.3 Å². The molecule has 0 bridgehead atoms. The monoisotopic (exact) mass is 469 g/mol. The van der Waals surface area contributed by atoms with Crippen LogP contribution in [-0.4, -0.2) is 62.3 Å². The summed E-state index contributed by atoms with van der Waals surface area (Å²) in [5, 5.41) is 0. The summed E-state index contributed by atoms with van der Waals surface area (Å²) in [4.78, 5) is 48.2. The minimum Gasteiger partial charge on any atom is -0.463 e. The molecule has 2 aromatic heterocycles. The molecular weight excluding hydrogens is 446 g/mol. The zero-order valence-electron chi connectivity index (χ0n) is 18.7. The highest BCUT2D eigenvalue weighted by atomic mass is 16.7. The van der Waals surface area contributed by atoms with Crippen molar-refractivity contribution >= 4 is 35.0 Å². The fourth-order valence-corrected chi connectivity index (χ4v) is 3.83. The van der Waals surface area contributed by atoms with E-state index in [4.69, 9.17) is 24.7 Å². The van der Waals surface area contributed by atoms with Crippen LogP contribution in [0.5, 0.6) is 0 Å². The lowest BCUT2D eigenvalue weighted by atomic mass is 10.1. The van der Waals surface area contributed by atoms with E-state index in [1.54, 1.807) is 0 Å². The van der Waals surface area contributed by atoms with Crippen LogP contribution in [-0.2, 0) is 33.3 Å². The molecule has 1 fully saturated rings. The first-order valence-electron chi connectivity index (χ1n) is 10.4. The molecule has 0 saturated carbocycles. The zero-order valence-corrected chi connectivity index (χ0v) is 18.7. The van der Waals surface area contributed by atoms with Crippen molar-refractivity contribution in [2.24, 2.45) is 0 Å². The van der Waals surface area contributed by atoms with Crippen molar-refractivity contribution in [1.29, 1.82) is 0 Å². The number of carbonyl (C=O) groups excluding carboxylic acids is 3. The van der Waals surface area contributed by atoms with E-state index in [0.29, 0.717) is 16.9 Å². The number of anilines is 1. The smallest absolute Gasteiger partial charge is 0.303 e. The van der Waals surface area contributed by atoms with Gasteiger partial charge in [-0.1, -0.05) is 30.3 Å². The number of nitrogens with zero attached hydrogens (tertiary/aromatic N) is 4. The number of aromatic nitrogens is 4. The van der Waals surface area contributed by atoms with Crippen molar-refractivity contribution in [3.05, 3.63) is 36.7 Å². The van der Waals surface area contributed by atoms with Crippen molar-refractivity contribution in [1.82, 2.24) is 19.5 Å². The van der Waals surface area contributed by atoms with Crippen molar-refractivity contribution in [2.45, 2.75) is 45.3 Å². The normalized spacial score (nSPS) is 21.9. The van der Waals surface area contributed by atoms with E-state index < -0.39 is 42.4 Å². The highest BCUT2D eigenvalue weighted by Gasteiger charge is 2.51. The van der Waals surface area contributed by atoms with Gasteiger partial charge in [0.15, 0.2) is 24.1 Å². The van der Waals surface area contributed by atoms with Crippen LogP contribution in [0.25, 0.3) is 22.4 Å². The van der Waals surface area contributed by atoms with Crippen molar-refractivity contribution in [3.63, 3.8) is 0 Å². The van der Waals surface area contributed by atoms with Crippen LogP contribution in [0.3, 0.4) is 0 Å². The fourth-order valence-electron chi connectivity index (χ4n) is 3.83. The Bertz CT molecular complexity index is 1230. The molecule has 0 amide bonds. The van der Waals surface area contributed by atoms with Crippen LogP contribution in [0.15, 0.2) is 36.7 Å². The molecule has 0 radical (unpaired) electrons. The van der Waals surface area contributed by atoms with Crippen LogP contribution in [0.1, 0.15) is 27.0 Å². The van der Waals surface area contributed by atoms with Gasteiger partial charge in [0.2, 0.25) is 5.95 Å². The molecule has 1 unspecified atom stereocenters. The minimum absolute atomic E-state index is 0.00290. The predicted octanol–water partition coefficient (Wildman–Crippen LogP) is 1.40. The maximum atomic E-state index is 11.9. The maximum Gasteiger partial charge on any atom is 0.303 e. The largest absolute Gasteiger partial charge is 0.463 e. The van der Waals surface area contributed by atoms with E-state index in [1.807, 2.05) is 30.3 Å². The SMILES string of the molecule is CC(=O)OC[C@@H]1OC(n2cnc3c(-c4ccccc4)nc(N)nc32)[C@@H](OC(C)=O)[C@@H]1OC(C)=O. The Hall–Kier alpha value is -4.06. The molecule has 1 aliphatic rings. The van der Waals surface area contributed by atoms with Gasteiger partial charge in [0.25, 0.3) is 0 Å². The summed E-state index contributed by atoms with van der Waals surface area (Å²) < 4.78 is 23.6. The lowest BCUT2D eigenvalue weighted by Gasteiger charge is -2.23. The molecule has 0 spiro atoms. The van der Waals surface area contributed by atoms with E-state index in [9.17, 15) is 14.4 Å². The minimum atomic E-state index is -1.07. The van der Waals surface area contributed by atoms with Crippen LogP contribution >= 0.6 is 0 Å². The second kappa shape index (κ2) is 9.43. The Morgan fingerprint density at radius 2 is 1.68 bits per heavy atom. The van der Waals surface area contributed by atoms with Crippen LogP contribution < -0.4 is 5.73 Å². The molecule has 1 aromatic carbocycles. The molecule has 178 valence electrons. The average molecular weight is 469 g/mol. The number of fused-ring (bicyclic) bond motifs is 1.